The predicted octanol–water partition coefficient (Wildman–Crippen LogP) is 2.41. The van der Waals surface area contributed by atoms with Gasteiger partial charge in [0.2, 0.25) is 0 Å². The lowest BCUT2D eigenvalue weighted by Gasteiger charge is -2.20. The number of anilines is 1. The normalized spacial score (nSPS) is 22.8. The van der Waals surface area contributed by atoms with Crippen molar-refractivity contribution in [3.63, 3.8) is 0 Å². The van der Waals surface area contributed by atoms with E-state index in [1.807, 2.05) is 0 Å². The molecule has 1 aromatic carbocycles. The Labute approximate surface area is 104 Å². The highest BCUT2D eigenvalue weighted by molar-refractivity contribution is 5.50. The third-order valence-corrected chi connectivity index (χ3v) is 3.44. The van der Waals surface area contributed by atoms with Crippen LogP contribution in [-0.2, 0) is 0 Å². The Hall–Kier alpha value is -1.67. The van der Waals surface area contributed by atoms with E-state index in [1.165, 1.54) is 12.1 Å². The molecule has 0 spiro atoms. The molecule has 0 saturated heterocycles. The monoisotopic (exact) mass is 252 g/mol. The third kappa shape index (κ3) is 2.29. The zero-order valence-electron chi connectivity index (χ0n) is 9.79. The molecule has 2 unspecified atom stereocenters. The molecular weight excluding hydrogens is 238 g/mol. The van der Waals surface area contributed by atoms with E-state index in [-0.39, 0.29) is 29.8 Å². The van der Waals surface area contributed by atoms with Crippen LogP contribution in [0, 0.1) is 28.9 Å². The van der Waals surface area contributed by atoms with Crippen molar-refractivity contribution in [3.8, 4) is 6.07 Å². The van der Waals surface area contributed by atoms with Crippen LogP contribution >= 0.6 is 0 Å². The summed E-state index contributed by atoms with van der Waals surface area (Å²) >= 11 is 0. The van der Waals surface area contributed by atoms with Gasteiger partial charge in [-0.25, -0.2) is 8.78 Å². The summed E-state index contributed by atoms with van der Waals surface area (Å²) in [6, 6.07) is 4.17. The van der Waals surface area contributed by atoms with E-state index in [2.05, 4.69) is 5.32 Å². The van der Waals surface area contributed by atoms with Crippen molar-refractivity contribution in [2.24, 2.45) is 5.92 Å². The maximum Gasteiger partial charge on any atom is 0.183 e. The molecule has 1 aliphatic carbocycles. The average Bonchev–Trinajstić information content (AvgIpc) is 2.82. The number of benzene rings is 1. The van der Waals surface area contributed by atoms with Gasteiger partial charge in [0.15, 0.2) is 11.6 Å². The van der Waals surface area contributed by atoms with Crippen LogP contribution in [0.1, 0.15) is 24.8 Å². The minimum Gasteiger partial charge on any atom is -0.396 e. The second kappa shape index (κ2) is 5.32. The fraction of sp³-hybridized carbons (Fsp3) is 0.462. The molecule has 5 heteroatoms. The van der Waals surface area contributed by atoms with Crippen LogP contribution in [0.4, 0.5) is 14.5 Å². The van der Waals surface area contributed by atoms with Crippen LogP contribution in [0.5, 0.6) is 0 Å². The Morgan fingerprint density at radius 3 is 2.78 bits per heavy atom. The van der Waals surface area contributed by atoms with E-state index < -0.39 is 11.6 Å². The molecule has 0 amide bonds. The zero-order valence-corrected chi connectivity index (χ0v) is 9.79. The summed E-state index contributed by atoms with van der Waals surface area (Å²) in [5, 5.41) is 20.7. The highest BCUT2D eigenvalue weighted by atomic mass is 19.2. The quantitative estimate of drug-likeness (QED) is 0.868. The molecule has 0 aliphatic heterocycles. The zero-order chi connectivity index (χ0) is 13.1. The topological polar surface area (TPSA) is 56.0 Å². The lowest BCUT2D eigenvalue weighted by molar-refractivity contribution is 0.222. The summed E-state index contributed by atoms with van der Waals surface area (Å²) in [6.45, 7) is 0.0397. The average molecular weight is 252 g/mol. The lowest BCUT2D eigenvalue weighted by Crippen LogP contribution is -2.27. The minimum atomic E-state index is -1.12. The second-order valence-corrected chi connectivity index (χ2v) is 4.52. The first-order valence-corrected chi connectivity index (χ1v) is 5.93. The Morgan fingerprint density at radius 1 is 1.33 bits per heavy atom. The molecule has 2 atom stereocenters. The number of halogens is 2. The number of hydrogen-bond donors (Lipinski definition) is 2. The van der Waals surface area contributed by atoms with Gasteiger partial charge in [-0.15, -0.1) is 0 Å². The highest BCUT2D eigenvalue weighted by Gasteiger charge is 2.27. The second-order valence-electron chi connectivity index (χ2n) is 4.52. The first-order valence-electron chi connectivity index (χ1n) is 5.93. The molecule has 18 heavy (non-hydrogen) atoms. The Balaban J connectivity index is 2.20. The molecule has 1 fully saturated rings. The Morgan fingerprint density at radius 2 is 2.11 bits per heavy atom. The van der Waals surface area contributed by atoms with Crippen LogP contribution in [0.15, 0.2) is 12.1 Å². The number of nitrogens with one attached hydrogen (secondary N) is 1. The summed E-state index contributed by atoms with van der Waals surface area (Å²) in [5.41, 5.74) is -0.250. The molecule has 1 aromatic rings. The van der Waals surface area contributed by atoms with E-state index in [9.17, 15) is 8.78 Å². The summed E-state index contributed by atoms with van der Waals surface area (Å²) in [7, 11) is 0. The van der Waals surface area contributed by atoms with Crippen molar-refractivity contribution in [2.75, 3.05) is 11.9 Å². The van der Waals surface area contributed by atoms with Crippen molar-refractivity contribution in [1.82, 2.24) is 0 Å². The molecule has 0 heterocycles. The van der Waals surface area contributed by atoms with E-state index in [1.54, 1.807) is 6.07 Å². The van der Waals surface area contributed by atoms with Crippen molar-refractivity contribution in [3.05, 3.63) is 29.3 Å². The Bertz CT molecular complexity index is 485. The molecule has 96 valence electrons. The molecule has 2 rings (SSSR count). The number of aliphatic hydroxyl groups is 1. The van der Waals surface area contributed by atoms with Crippen LogP contribution in [-0.4, -0.2) is 17.8 Å². The van der Waals surface area contributed by atoms with E-state index in [0.717, 1.165) is 19.3 Å². The molecule has 0 bridgehead atoms. The predicted molar refractivity (Wildman–Crippen MR) is 62.9 cm³/mol. The summed E-state index contributed by atoms with van der Waals surface area (Å²) in [5.74, 6) is -2.08. The third-order valence-electron chi connectivity index (χ3n) is 3.44. The fourth-order valence-corrected chi connectivity index (χ4v) is 2.39. The smallest absolute Gasteiger partial charge is 0.183 e. The van der Waals surface area contributed by atoms with Gasteiger partial charge in [0, 0.05) is 18.6 Å². The molecule has 0 radical (unpaired) electrons. The standard InChI is InChI=1S/C13H14F2N2O/c14-12-8(6-16)4-5-11(13(12)15)17-10-3-1-2-9(10)7-18/h4-5,9-10,17-18H,1-3,7H2. The van der Waals surface area contributed by atoms with Gasteiger partial charge in [0.05, 0.1) is 11.3 Å². The van der Waals surface area contributed by atoms with Gasteiger partial charge >= 0.3 is 0 Å². The van der Waals surface area contributed by atoms with Crippen molar-refractivity contribution >= 4 is 5.69 Å². The van der Waals surface area contributed by atoms with Gasteiger partial charge in [0.25, 0.3) is 0 Å². The van der Waals surface area contributed by atoms with Gasteiger partial charge < -0.3 is 10.4 Å². The van der Waals surface area contributed by atoms with Crippen LogP contribution in [0.3, 0.4) is 0 Å². The summed E-state index contributed by atoms with van der Waals surface area (Å²) in [6.07, 6.45) is 2.67. The number of aliphatic hydroxyl groups excluding tert-OH is 1. The van der Waals surface area contributed by atoms with Crippen LogP contribution < -0.4 is 5.32 Å². The number of hydrogen-bond acceptors (Lipinski definition) is 3. The number of nitriles is 1. The molecule has 2 N–H and O–H groups in total. The van der Waals surface area contributed by atoms with E-state index in [0.29, 0.717) is 0 Å². The van der Waals surface area contributed by atoms with Crippen LogP contribution in [0.2, 0.25) is 0 Å². The fourth-order valence-electron chi connectivity index (χ4n) is 2.39. The van der Waals surface area contributed by atoms with Crippen LogP contribution in [0.25, 0.3) is 0 Å². The largest absolute Gasteiger partial charge is 0.396 e. The van der Waals surface area contributed by atoms with Gasteiger partial charge in [-0.2, -0.15) is 5.26 Å². The van der Waals surface area contributed by atoms with E-state index >= 15 is 0 Å². The molecule has 3 nitrogen and oxygen atoms in total. The SMILES string of the molecule is N#Cc1ccc(NC2CCCC2CO)c(F)c1F. The van der Waals surface area contributed by atoms with E-state index in [4.69, 9.17) is 10.4 Å². The number of rotatable bonds is 3. The minimum absolute atomic E-state index is 0.0397. The summed E-state index contributed by atoms with van der Waals surface area (Å²) in [4.78, 5) is 0. The maximum absolute atomic E-state index is 13.7. The molecular formula is C13H14F2N2O. The van der Waals surface area contributed by atoms with Crippen molar-refractivity contribution < 1.29 is 13.9 Å². The van der Waals surface area contributed by atoms with Gasteiger partial charge in [0.1, 0.15) is 6.07 Å². The van der Waals surface area contributed by atoms with Crippen molar-refractivity contribution in [1.29, 1.82) is 5.26 Å². The van der Waals surface area contributed by atoms with Crippen molar-refractivity contribution in [2.45, 2.75) is 25.3 Å². The first kappa shape index (κ1) is 12.8. The van der Waals surface area contributed by atoms with Gasteiger partial charge in [-0.05, 0) is 25.0 Å². The lowest BCUT2D eigenvalue weighted by atomic mass is 10.0. The molecule has 0 aromatic heterocycles. The molecule has 1 saturated carbocycles. The van der Waals surface area contributed by atoms with Gasteiger partial charge in [-0.3, -0.25) is 0 Å². The first-order chi connectivity index (χ1) is 8.67. The Kier molecular flexibility index (Phi) is 3.78. The molecule has 1 aliphatic rings. The summed E-state index contributed by atoms with van der Waals surface area (Å²) < 4.78 is 27.1. The maximum atomic E-state index is 13.7. The number of nitrogens with zero attached hydrogens (tertiary/aromatic N) is 1. The van der Waals surface area contributed by atoms with Gasteiger partial charge in [-0.1, -0.05) is 6.42 Å². The highest BCUT2D eigenvalue weighted by Crippen LogP contribution is 2.30.